The average Bonchev–Trinajstić information content (AvgIpc) is 3.05. The lowest BCUT2D eigenvalue weighted by Crippen LogP contribution is -2.13. The molecule has 0 N–H and O–H groups in total. The number of ether oxygens (including phenoxy) is 1. The average molecular weight is 234 g/mol. The lowest BCUT2D eigenvalue weighted by Gasteiger charge is -2.06. The van der Waals surface area contributed by atoms with Crippen molar-refractivity contribution in [3.8, 4) is 5.75 Å². The molecule has 1 aliphatic rings. The summed E-state index contributed by atoms with van der Waals surface area (Å²) in [6.07, 6.45) is 1.11. The normalized spacial score (nSPS) is 15.0. The minimum Gasteiger partial charge on any atom is -0.420 e. The highest BCUT2D eigenvalue weighted by Crippen LogP contribution is 2.33. The predicted molar refractivity (Wildman–Crippen MR) is 44.6 cm³/mol. The fourth-order valence-electron chi connectivity index (χ4n) is 1.14. The molecule has 0 aliphatic heterocycles. The Bertz CT molecular complexity index is 428. The van der Waals surface area contributed by atoms with Crippen LogP contribution in [0.25, 0.3) is 0 Å². The zero-order valence-electron chi connectivity index (χ0n) is 7.90. The van der Waals surface area contributed by atoms with E-state index in [-0.39, 0.29) is 6.07 Å². The van der Waals surface area contributed by atoms with Crippen molar-refractivity contribution in [2.45, 2.75) is 12.8 Å². The third-order valence-corrected chi connectivity index (χ3v) is 2.18. The monoisotopic (exact) mass is 234 g/mol. The number of hydrogen-bond acceptors (Lipinski definition) is 2. The number of rotatable bonds is 2. The maximum Gasteiger partial charge on any atom is 0.314 e. The summed E-state index contributed by atoms with van der Waals surface area (Å²) in [4.78, 5) is 11.1. The molecule has 0 bridgehead atoms. The molecule has 1 saturated carbocycles. The van der Waals surface area contributed by atoms with Gasteiger partial charge in [-0.25, -0.2) is 8.78 Å². The standard InChI is InChI=1S/C10H6F4O2/c11-5-3-6(12)8(14)9(7(5)13)16-10(15)4-1-2-4/h3-4H,1-2H2. The van der Waals surface area contributed by atoms with Gasteiger partial charge in [0, 0.05) is 6.07 Å². The lowest BCUT2D eigenvalue weighted by atomic mass is 10.3. The fourth-order valence-corrected chi connectivity index (χ4v) is 1.14. The molecule has 0 heterocycles. The summed E-state index contributed by atoms with van der Waals surface area (Å²) in [5, 5.41) is 0. The number of carbonyl (C=O) groups excluding carboxylic acids is 1. The first-order valence-corrected chi connectivity index (χ1v) is 4.55. The molecular formula is C10H6F4O2. The number of benzene rings is 1. The summed E-state index contributed by atoms with van der Waals surface area (Å²) in [6.45, 7) is 0. The molecule has 1 aromatic rings. The van der Waals surface area contributed by atoms with E-state index in [0.29, 0.717) is 12.8 Å². The first-order valence-electron chi connectivity index (χ1n) is 4.55. The van der Waals surface area contributed by atoms with Gasteiger partial charge in [0.25, 0.3) is 0 Å². The van der Waals surface area contributed by atoms with Crippen LogP contribution in [0, 0.1) is 29.2 Å². The van der Waals surface area contributed by atoms with Crippen molar-refractivity contribution < 1.29 is 27.1 Å². The van der Waals surface area contributed by atoms with Crippen LogP contribution in [0.4, 0.5) is 17.6 Å². The molecule has 0 atom stereocenters. The zero-order chi connectivity index (χ0) is 11.9. The minimum atomic E-state index is -1.70. The van der Waals surface area contributed by atoms with Crippen molar-refractivity contribution in [2.75, 3.05) is 0 Å². The van der Waals surface area contributed by atoms with Crippen molar-refractivity contribution in [1.29, 1.82) is 0 Å². The third kappa shape index (κ3) is 1.87. The summed E-state index contributed by atoms with van der Waals surface area (Å²) in [7, 11) is 0. The van der Waals surface area contributed by atoms with E-state index in [9.17, 15) is 22.4 Å². The van der Waals surface area contributed by atoms with E-state index in [2.05, 4.69) is 4.74 Å². The van der Waals surface area contributed by atoms with Crippen LogP contribution in [0.1, 0.15) is 12.8 Å². The van der Waals surface area contributed by atoms with Gasteiger partial charge in [-0.15, -0.1) is 0 Å². The second-order valence-electron chi connectivity index (χ2n) is 3.49. The summed E-state index contributed by atoms with van der Waals surface area (Å²) >= 11 is 0. The fraction of sp³-hybridized carbons (Fsp3) is 0.300. The Morgan fingerprint density at radius 1 is 1.12 bits per heavy atom. The van der Waals surface area contributed by atoms with E-state index in [1.54, 1.807) is 0 Å². The zero-order valence-corrected chi connectivity index (χ0v) is 7.90. The molecule has 2 nitrogen and oxygen atoms in total. The maximum absolute atomic E-state index is 13.0. The predicted octanol–water partition coefficient (Wildman–Crippen LogP) is 2.56. The Hall–Kier alpha value is -1.59. The highest BCUT2D eigenvalue weighted by atomic mass is 19.2. The molecule has 1 fully saturated rings. The van der Waals surface area contributed by atoms with E-state index in [4.69, 9.17) is 0 Å². The molecule has 6 heteroatoms. The Kier molecular flexibility index (Phi) is 2.57. The van der Waals surface area contributed by atoms with Crippen molar-refractivity contribution in [2.24, 2.45) is 5.92 Å². The molecule has 2 rings (SSSR count). The van der Waals surface area contributed by atoms with Gasteiger partial charge in [-0.1, -0.05) is 0 Å². The van der Waals surface area contributed by atoms with Gasteiger partial charge in [0.2, 0.25) is 17.4 Å². The molecule has 0 aromatic heterocycles. The number of hydrogen-bond donors (Lipinski definition) is 0. The molecule has 0 saturated heterocycles. The van der Waals surface area contributed by atoms with Gasteiger partial charge in [-0.3, -0.25) is 4.79 Å². The largest absolute Gasteiger partial charge is 0.420 e. The van der Waals surface area contributed by atoms with E-state index < -0.39 is 40.9 Å². The second kappa shape index (κ2) is 3.77. The molecule has 16 heavy (non-hydrogen) atoms. The van der Waals surface area contributed by atoms with Crippen molar-refractivity contribution >= 4 is 5.97 Å². The Labute approximate surface area is 87.8 Å². The first kappa shape index (κ1) is 10.9. The smallest absolute Gasteiger partial charge is 0.314 e. The van der Waals surface area contributed by atoms with Gasteiger partial charge in [0.1, 0.15) is 0 Å². The summed E-state index contributed by atoms with van der Waals surface area (Å²) in [6, 6.07) is 0.0547. The van der Waals surface area contributed by atoms with Gasteiger partial charge < -0.3 is 4.74 Å². The number of esters is 1. The molecule has 1 aromatic carbocycles. The van der Waals surface area contributed by atoms with Crippen LogP contribution in [0.3, 0.4) is 0 Å². The van der Waals surface area contributed by atoms with Crippen LogP contribution in [-0.4, -0.2) is 5.97 Å². The summed E-state index contributed by atoms with van der Waals surface area (Å²) in [5.41, 5.74) is 0. The van der Waals surface area contributed by atoms with Gasteiger partial charge >= 0.3 is 5.97 Å². The highest BCUT2D eigenvalue weighted by Gasteiger charge is 2.33. The quantitative estimate of drug-likeness (QED) is 0.340. The molecule has 1 aliphatic carbocycles. The summed E-state index contributed by atoms with van der Waals surface area (Å²) < 4.78 is 55.8. The van der Waals surface area contributed by atoms with Crippen LogP contribution in [-0.2, 0) is 4.79 Å². The maximum atomic E-state index is 13.0. The van der Waals surface area contributed by atoms with E-state index >= 15 is 0 Å². The van der Waals surface area contributed by atoms with Gasteiger partial charge in [0.05, 0.1) is 5.92 Å². The number of halogens is 4. The molecule has 0 radical (unpaired) electrons. The molecular weight excluding hydrogens is 228 g/mol. The van der Waals surface area contributed by atoms with Crippen LogP contribution >= 0.6 is 0 Å². The molecule has 0 unspecified atom stereocenters. The minimum absolute atomic E-state index is 0.0547. The van der Waals surface area contributed by atoms with Gasteiger partial charge in [0.15, 0.2) is 11.6 Å². The van der Waals surface area contributed by atoms with E-state index in [1.165, 1.54) is 0 Å². The SMILES string of the molecule is O=C(Oc1c(F)c(F)cc(F)c1F)C1CC1. The van der Waals surface area contributed by atoms with Gasteiger partial charge in [-0.2, -0.15) is 8.78 Å². The topological polar surface area (TPSA) is 26.3 Å². The van der Waals surface area contributed by atoms with Crippen molar-refractivity contribution in [3.05, 3.63) is 29.3 Å². The Morgan fingerprint density at radius 3 is 2.06 bits per heavy atom. The van der Waals surface area contributed by atoms with Crippen molar-refractivity contribution in [1.82, 2.24) is 0 Å². The van der Waals surface area contributed by atoms with Gasteiger partial charge in [-0.05, 0) is 12.8 Å². The molecule has 0 amide bonds. The van der Waals surface area contributed by atoms with Crippen LogP contribution < -0.4 is 4.74 Å². The lowest BCUT2D eigenvalue weighted by molar-refractivity contribution is -0.136. The molecule has 86 valence electrons. The van der Waals surface area contributed by atoms with Crippen LogP contribution in [0.2, 0.25) is 0 Å². The second-order valence-corrected chi connectivity index (χ2v) is 3.49. The van der Waals surface area contributed by atoms with E-state index in [0.717, 1.165) is 0 Å². The summed E-state index contributed by atoms with van der Waals surface area (Å²) in [5.74, 6) is -9.21. The van der Waals surface area contributed by atoms with Crippen LogP contribution in [0.15, 0.2) is 6.07 Å². The first-order chi connectivity index (χ1) is 7.50. The van der Waals surface area contributed by atoms with Crippen molar-refractivity contribution in [3.63, 3.8) is 0 Å². The highest BCUT2D eigenvalue weighted by molar-refractivity contribution is 5.77. The van der Waals surface area contributed by atoms with Crippen LogP contribution in [0.5, 0.6) is 5.75 Å². The third-order valence-electron chi connectivity index (χ3n) is 2.18. The van der Waals surface area contributed by atoms with E-state index in [1.807, 2.05) is 0 Å². The Morgan fingerprint density at radius 2 is 1.62 bits per heavy atom. The Balaban J connectivity index is 2.34. The molecule has 0 spiro atoms. The number of carbonyl (C=O) groups is 1.